The van der Waals surface area contributed by atoms with Crippen LogP contribution in [0, 0.1) is 0 Å². The van der Waals surface area contributed by atoms with Gasteiger partial charge in [0.2, 0.25) is 0 Å². The van der Waals surface area contributed by atoms with Gasteiger partial charge in [0.05, 0.1) is 0 Å². The van der Waals surface area contributed by atoms with Crippen molar-refractivity contribution in [3.8, 4) is 11.1 Å². The van der Waals surface area contributed by atoms with E-state index in [1.165, 1.54) is 29.3 Å². The van der Waals surface area contributed by atoms with E-state index in [1.807, 2.05) is 12.1 Å². The first-order chi connectivity index (χ1) is 11.5. The van der Waals surface area contributed by atoms with Crippen molar-refractivity contribution < 1.29 is 13.0 Å². The molecule has 3 aromatic rings. The molecule has 0 saturated carbocycles. The summed E-state index contributed by atoms with van der Waals surface area (Å²) in [6.07, 6.45) is 1.38. The van der Waals surface area contributed by atoms with Crippen LogP contribution in [0.4, 0.5) is 0 Å². The maximum Gasteiger partial charge on any atom is -0.0184 e. The van der Waals surface area contributed by atoms with Crippen molar-refractivity contribution >= 4 is 45.8 Å². The van der Waals surface area contributed by atoms with Crippen LogP contribution in [0.2, 0.25) is 0 Å². The zero-order valence-electron chi connectivity index (χ0n) is 13.0. The standard InChI is InChI=1S/C12H10.C8H8O3S.Na.H/c1-3-7-11(8-4-1)12-9-5-2-6-10-12;1-2-7-5-3-4-6-8(7)12(9,10)11;;/h1-10H;2-6H,1H2,(H,9,10,11);;. The molecule has 0 bridgehead atoms. The van der Waals surface area contributed by atoms with E-state index in [-0.39, 0.29) is 34.5 Å². The van der Waals surface area contributed by atoms with Crippen LogP contribution in [0.5, 0.6) is 0 Å². The molecule has 0 aliphatic rings. The predicted molar refractivity (Wildman–Crippen MR) is 105 cm³/mol. The van der Waals surface area contributed by atoms with Gasteiger partial charge >= 0.3 is 29.6 Å². The number of hydrogen-bond acceptors (Lipinski definition) is 2. The summed E-state index contributed by atoms with van der Waals surface area (Å²) < 4.78 is 30.2. The molecule has 1 N–H and O–H groups in total. The number of hydrogen-bond donors (Lipinski definition) is 1. The Balaban J connectivity index is 0.000000240. The molecular formula is C20H19NaO3S. The molecule has 5 heteroatoms. The van der Waals surface area contributed by atoms with Gasteiger partial charge in [-0.2, -0.15) is 8.42 Å². The fraction of sp³-hybridized carbons (Fsp3) is 0. The van der Waals surface area contributed by atoms with Gasteiger partial charge in [-0.05, 0) is 22.8 Å². The minimum Gasteiger partial charge on any atom is -0.0622 e. The molecule has 0 aliphatic carbocycles. The van der Waals surface area contributed by atoms with Gasteiger partial charge in [0.25, 0.3) is 10.1 Å². The van der Waals surface area contributed by atoms with Crippen molar-refractivity contribution in [2.45, 2.75) is 4.90 Å². The van der Waals surface area contributed by atoms with Crippen molar-refractivity contribution in [1.29, 1.82) is 0 Å². The zero-order chi connectivity index (χ0) is 17.4. The normalized spacial score (nSPS) is 9.96. The average Bonchev–Trinajstić information content (AvgIpc) is 2.63. The summed E-state index contributed by atoms with van der Waals surface area (Å²) in [5.41, 5.74) is 2.95. The van der Waals surface area contributed by atoms with Gasteiger partial charge in [-0.3, -0.25) is 4.55 Å². The molecule has 0 radical (unpaired) electrons. The summed E-state index contributed by atoms with van der Waals surface area (Å²) in [4.78, 5) is -0.111. The predicted octanol–water partition coefficient (Wildman–Crippen LogP) is 4.28. The second-order valence-electron chi connectivity index (χ2n) is 4.95. The van der Waals surface area contributed by atoms with E-state index in [9.17, 15) is 8.42 Å². The van der Waals surface area contributed by atoms with Crippen LogP contribution < -0.4 is 0 Å². The summed E-state index contributed by atoms with van der Waals surface area (Å²) in [6.45, 7) is 3.43. The molecule has 0 unspecified atom stereocenters. The maximum absolute atomic E-state index is 10.7. The van der Waals surface area contributed by atoms with E-state index in [2.05, 4.69) is 55.1 Å². The van der Waals surface area contributed by atoms with Crippen LogP contribution in [-0.2, 0) is 10.1 Å². The Labute approximate surface area is 171 Å². The molecule has 0 spiro atoms. The number of benzene rings is 3. The van der Waals surface area contributed by atoms with Gasteiger partial charge < -0.3 is 0 Å². The van der Waals surface area contributed by atoms with E-state index in [0.29, 0.717) is 5.56 Å². The first-order valence-corrected chi connectivity index (χ1v) is 8.76. The Kier molecular flexibility index (Phi) is 8.83. The molecule has 3 aromatic carbocycles. The van der Waals surface area contributed by atoms with Crippen LogP contribution in [0.25, 0.3) is 17.2 Å². The Morgan fingerprint density at radius 2 is 1.12 bits per heavy atom. The van der Waals surface area contributed by atoms with Gasteiger partial charge in [-0.25, -0.2) is 0 Å². The van der Waals surface area contributed by atoms with Crippen molar-refractivity contribution in [3.05, 3.63) is 97.1 Å². The van der Waals surface area contributed by atoms with Crippen molar-refractivity contribution in [3.63, 3.8) is 0 Å². The fourth-order valence-corrected chi connectivity index (χ4v) is 2.85. The van der Waals surface area contributed by atoms with Crippen molar-refractivity contribution in [1.82, 2.24) is 0 Å². The first-order valence-electron chi connectivity index (χ1n) is 7.32. The molecule has 0 aromatic heterocycles. The Morgan fingerprint density at radius 3 is 1.48 bits per heavy atom. The molecular weight excluding hydrogens is 343 g/mol. The first kappa shape index (κ1) is 21.4. The molecule has 3 rings (SSSR count). The third-order valence-corrected chi connectivity index (χ3v) is 4.23. The summed E-state index contributed by atoms with van der Waals surface area (Å²) in [5, 5.41) is 0. The maximum atomic E-state index is 10.7. The zero-order valence-corrected chi connectivity index (χ0v) is 13.9. The third-order valence-electron chi connectivity index (χ3n) is 3.30. The van der Waals surface area contributed by atoms with Crippen LogP contribution in [-0.4, -0.2) is 42.5 Å². The average molecular weight is 362 g/mol. The molecule has 0 saturated heterocycles. The van der Waals surface area contributed by atoms with E-state index in [1.54, 1.807) is 12.1 Å². The third kappa shape index (κ3) is 6.61. The van der Waals surface area contributed by atoms with Crippen LogP contribution in [0.3, 0.4) is 0 Å². The molecule has 3 nitrogen and oxygen atoms in total. The fourth-order valence-electron chi connectivity index (χ4n) is 2.15. The molecule has 0 fully saturated rings. The summed E-state index contributed by atoms with van der Waals surface area (Å²) in [6, 6.07) is 26.9. The second kappa shape index (κ2) is 10.3. The molecule has 25 heavy (non-hydrogen) atoms. The second-order valence-corrected chi connectivity index (χ2v) is 6.34. The van der Waals surface area contributed by atoms with Crippen molar-refractivity contribution in [2.75, 3.05) is 0 Å². The topological polar surface area (TPSA) is 54.4 Å². The van der Waals surface area contributed by atoms with Gasteiger partial charge in [-0.15, -0.1) is 0 Å². The Morgan fingerprint density at radius 1 is 0.720 bits per heavy atom. The number of rotatable bonds is 3. The largest absolute Gasteiger partial charge is 0.0622 e. The Bertz CT molecular complexity index is 855. The minimum atomic E-state index is -4.12. The smallest absolute Gasteiger partial charge is 0.0184 e. The van der Waals surface area contributed by atoms with Gasteiger partial charge in [0, 0.05) is 0 Å². The monoisotopic (exact) mass is 362 g/mol. The van der Waals surface area contributed by atoms with Gasteiger partial charge in [-0.1, -0.05) is 91.5 Å². The molecule has 0 heterocycles. The van der Waals surface area contributed by atoms with Gasteiger partial charge in [0.15, 0.2) is 0 Å². The van der Waals surface area contributed by atoms with E-state index >= 15 is 0 Å². The summed E-state index contributed by atoms with van der Waals surface area (Å²) >= 11 is 0. The Hall–Kier alpha value is -1.69. The van der Waals surface area contributed by atoms with Crippen LogP contribution in [0.1, 0.15) is 5.56 Å². The summed E-state index contributed by atoms with van der Waals surface area (Å²) in [5.74, 6) is 0. The molecule has 0 atom stereocenters. The SMILES string of the molecule is C=Cc1ccccc1S(=O)(=O)O.[NaH].c1ccc(-c2ccccc2)cc1. The van der Waals surface area contributed by atoms with E-state index in [4.69, 9.17) is 4.55 Å². The van der Waals surface area contributed by atoms with Crippen molar-refractivity contribution in [2.24, 2.45) is 0 Å². The van der Waals surface area contributed by atoms with E-state index < -0.39 is 10.1 Å². The summed E-state index contributed by atoms with van der Waals surface area (Å²) in [7, 11) is -4.12. The quantitative estimate of drug-likeness (QED) is 0.559. The minimum absolute atomic E-state index is 0. The van der Waals surface area contributed by atoms with Gasteiger partial charge in [0.1, 0.15) is 4.90 Å². The molecule has 0 amide bonds. The molecule has 124 valence electrons. The van der Waals surface area contributed by atoms with Crippen LogP contribution in [0.15, 0.2) is 96.4 Å². The van der Waals surface area contributed by atoms with E-state index in [0.717, 1.165) is 0 Å². The van der Waals surface area contributed by atoms with Crippen LogP contribution >= 0.6 is 0 Å². The molecule has 0 aliphatic heterocycles.